The van der Waals surface area contributed by atoms with Crippen LogP contribution >= 0.6 is 0 Å². The lowest BCUT2D eigenvalue weighted by Crippen LogP contribution is -2.36. The van der Waals surface area contributed by atoms with Crippen molar-refractivity contribution in [3.8, 4) is 0 Å². The molecule has 28 heavy (non-hydrogen) atoms. The largest absolute Gasteiger partial charge is 0.460 e. The Morgan fingerprint density at radius 2 is 1.96 bits per heavy atom. The minimum absolute atomic E-state index is 0.0926. The Kier molecular flexibility index (Phi) is 5.03. The summed E-state index contributed by atoms with van der Waals surface area (Å²) >= 11 is 0. The second kappa shape index (κ2) is 7.62. The zero-order valence-electron chi connectivity index (χ0n) is 15.8. The molecule has 0 unspecified atom stereocenters. The third-order valence-electron chi connectivity index (χ3n) is 5.46. The van der Waals surface area contributed by atoms with Crippen LogP contribution in [-0.2, 0) is 6.54 Å². The number of rotatable bonds is 4. The molecule has 1 aliphatic rings. The molecule has 1 fully saturated rings. The van der Waals surface area contributed by atoms with Gasteiger partial charge in [0.1, 0.15) is 17.2 Å². The number of nitrogens with one attached hydrogen (secondary N) is 1. The van der Waals surface area contributed by atoms with Gasteiger partial charge in [-0.1, -0.05) is 37.5 Å². The highest BCUT2D eigenvalue weighted by Crippen LogP contribution is 2.24. The first kappa shape index (κ1) is 18.5. The predicted octanol–water partition coefficient (Wildman–Crippen LogP) is 4.15. The van der Waals surface area contributed by atoms with Crippen molar-refractivity contribution in [1.29, 1.82) is 0 Å². The average molecular weight is 382 g/mol. The second-order valence-electron chi connectivity index (χ2n) is 7.42. The lowest BCUT2D eigenvalue weighted by molar-refractivity contribution is 0.0927. The molecule has 0 saturated heterocycles. The molecule has 2 aromatic heterocycles. The van der Waals surface area contributed by atoms with Crippen LogP contribution in [0.5, 0.6) is 0 Å². The van der Waals surface area contributed by atoms with E-state index in [4.69, 9.17) is 4.42 Å². The molecule has 146 valence electrons. The minimum atomic E-state index is -0.367. The second-order valence-corrected chi connectivity index (χ2v) is 7.42. The van der Waals surface area contributed by atoms with Crippen molar-refractivity contribution in [2.45, 2.75) is 51.6 Å². The molecule has 6 heteroatoms. The third-order valence-corrected chi connectivity index (χ3v) is 5.46. The molecule has 1 N–H and O–H groups in total. The van der Waals surface area contributed by atoms with Crippen molar-refractivity contribution in [3.63, 3.8) is 0 Å². The first-order valence-corrected chi connectivity index (χ1v) is 9.71. The summed E-state index contributed by atoms with van der Waals surface area (Å²) in [6, 6.07) is 8.13. The van der Waals surface area contributed by atoms with Gasteiger partial charge in [-0.25, -0.2) is 4.39 Å². The Morgan fingerprint density at radius 3 is 2.71 bits per heavy atom. The van der Waals surface area contributed by atoms with Crippen LogP contribution in [0, 0.1) is 12.7 Å². The maximum atomic E-state index is 14.0. The van der Waals surface area contributed by atoms with Crippen molar-refractivity contribution in [3.05, 3.63) is 69.6 Å². The summed E-state index contributed by atoms with van der Waals surface area (Å²) in [5.74, 6) is -0.221. The summed E-state index contributed by atoms with van der Waals surface area (Å²) in [4.78, 5) is 26.0. The van der Waals surface area contributed by atoms with E-state index in [1.165, 1.54) is 17.1 Å². The van der Waals surface area contributed by atoms with E-state index >= 15 is 0 Å². The van der Waals surface area contributed by atoms with Gasteiger partial charge in [0.25, 0.3) is 11.5 Å². The van der Waals surface area contributed by atoms with Crippen LogP contribution in [0.1, 0.15) is 53.8 Å². The average Bonchev–Trinajstić information content (AvgIpc) is 3.03. The maximum absolute atomic E-state index is 14.0. The number of hydrogen-bond donors (Lipinski definition) is 1. The fourth-order valence-corrected chi connectivity index (χ4v) is 3.98. The lowest BCUT2D eigenvalue weighted by Gasteiger charge is -2.22. The fourth-order valence-electron chi connectivity index (χ4n) is 3.98. The Hall–Kier alpha value is -2.89. The summed E-state index contributed by atoms with van der Waals surface area (Å²) in [7, 11) is 0. The summed E-state index contributed by atoms with van der Waals surface area (Å²) in [6.45, 7) is 1.78. The van der Waals surface area contributed by atoms with E-state index in [0.29, 0.717) is 16.9 Å². The van der Waals surface area contributed by atoms with Gasteiger partial charge in [-0.05, 0) is 31.9 Å². The fraction of sp³-hybridized carbons (Fsp3) is 0.364. The number of halogens is 1. The first-order chi connectivity index (χ1) is 13.5. The molecule has 1 aliphatic carbocycles. The molecule has 5 nitrogen and oxygen atoms in total. The third kappa shape index (κ3) is 3.46. The number of carbonyl (C=O) groups is 1. The number of aromatic nitrogens is 1. The molecule has 0 radical (unpaired) electrons. The standard InChI is InChI=1S/C22H23FN2O3/c1-14-19(21(26)24-16-8-3-2-4-9-16)20-18(28-14)11-12-25(22(20)27)13-15-7-5-6-10-17(15)23/h5-7,10-12,16H,2-4,8-9,13H2,1H3,(H,24,26). The number of aryl methyl sites for hydroxylation is 1. The summed E-state index contributed by atoms with van der Waals surface area (Å²) in [6.07, 6.45) is 6.89. The molecule has 0 bridgehead atoms. The Balaban J connectivity index is 1.71. The molecule has 1 aromatic carbocycles. The summed E-state index contributed by atoms with van der Waals surface area (Å²) < 4.78 is 21.1. The Labute approximate surface area is 162 Å². The van der Waals surface area contributed by atoms with E-state index < -0.39 is 0 Å². The molecule has 0 aliphatic heterocycles. The van der Waals surface area contributed by atoms with E-state index in [0.717, 1.165) is 25.7 Å². The monoisotopic (exact) mass is 382 g/mol. The number of pyridine rings is 1. The van der Waals surface area contributed by atoms with Crippen molar-refractivity contribution in [2.24, 2.45) is 0 Å². The molecule has 1 saturated carbocycles. The van der Waals surface area contributed by atoms with Crippen LogP contribution in [0.3, 0.4) is 0 Å². The van der Waals surface area contributed by atoms with Crippen LogP contribution in [0.15, 0.2) is 45.7 Å². The highest BCUT2D eigenvalue weighted by molar-refractivity contribution is 6.07. The van der Waals surface area contributed by atoms with E-state index in [1.54, 1.807) is 37.4 Å². The zero-order chi connectivity index (χ0) is 19.7. The van der Waals surface area contributed by atoms with Gasteiger partial charge in [-0.3, -0.25) is 9.59 Å². The number of carbonyl (C=O) groups excluding carboxylic acids is 1. The van der Waals surface area contributed by atoms with Gasteiger partial charge in [0.15, 0.2) is 0 Å². The molecule has 2 heterocycles. The number of benzene rings is 1. The zero-order valence-corrected chi connectivity index (χ0v) is 15.8. The predicted molar refractivity (Wildman–Crippen MR) is 105 cm³/mol. The Bertz CT molecular complexity index is 1080. The number of amides is 1. The number of furan rings is 1. The van der Waals surface area contributed by atoms with E-state index in [-0.39, 0.29) is 40.8 Å². The van der Waals surface area contributed by atoms with Crippen molar-refractivity contribution in [1.82, 2.24) is 9.88 Å². The van der Waals surface area contributed by atoms with Gasteiger partial charge in [-0.2, -0.15) is 0 Å². The van der Waals surface area contributed by atoms with Crippen LogP contribution in [-0.4, -0.2) is 16.5 Å². The van der Waals surface area contributed by atoms with Gasteiger partial charge < -0.3 is 14.3 Å². The normalized spacial score (nSPS) is 15.1. The molecule has 3 aromatic rings. The smallest absolute Gasteiger partial charge is 0.262 e. The molecular formula is C22H23FN2O3. The van der Waals surface area contributed by atoms with Crippen molar-refractivity contribution >= 4 is 16.9 Å². The van der Waals surface area contributed by atoms with Gasteiger partial charge >= 0.3 is 0 Å². The van der Waals surface area contributed by atoms with Crippen molar-refractivity contribution in [2.75, 3.05) is 0 Å². The number of fused-ring (bicyclic) bond motifs is 1. The lowest BCUT2D eigenvalue weighted by atomic mass is 9.95. The summed E-state index contributed by atoms with van der Waals surface area (Å²) in [5, 5.41) is 3.31. The summed E-state index contributed by atoms with van der Waals surface area (Å²) in [5.41, 5.74) is 0.721. The van der Waals surface area contributed by atoms with Gasteiger partial charge in [0.05, 0.1) is 17.5 Å². The molecule has 4 rings (SSSR count). The van der Waals surface area contributed by atoms with Gasteiger partial charge in [0, 0.05) is 17.8 Å². The van der Waals surface area contributed by atoms with Crippen LogP contribution in [0.4, 0.5) is 4.39 Å². The molecule has 0 spiro atoms. The van der Waals surface area contributed by atoms with E-state index in [2.05, 4.69) is 5.32 Å². The topological polar surface area (TPSA) is 64.2 Å². The van der Waals surface area contributed by atoms with Gasteiger partial charge in [-0.15, -0.1) is 0 Å². The van der Waals surface area contributed by atoms with Crippen LogP contribution in [0.25, 0.3) is 11.0 Å². The van der Waals surface area contributed by atoms with E-state index in [9.17, 15) is 14.0 Å². The number of nitrogens with zero attached hydrogens (tertiary/aromatic N) is 1. The van der Waals surface area contributed by atoms with E-state index in [1.807, 2.05) is 0 Å². The molecular weight excluding hydrogens is 359 g/mol. The molecule has 0 atom stereocenters. The first-order valence-electron chi connectivity index (χ1n) is 9.71. The maximum Gasteiger partial charge on any atom is 0.262 e. The van der Waals surface area contributed by atoms with Crippen molar-refractivity contribution < 1.29 is 13.6 Å². The van der Waals surface area contributed by atoms with Crippen LogP contribution < -0.4 is 10.9 Å². The quantitative estimate of drug-likeness (QED) is 0.737. The highest BCUT2D eigenvalue weighted by atomic mass is 19.1. The minimum Gasteiger partial charge on any atom is -0.460 e. The van der Waals surface area contributed by atoms with Gasteiger partial charge in [0.2, 0.25) is 0 Å². The highest BCUT2D eigenvalue weighted by Gasteiger charge is 2.24. The Morgan fingerprint density at radius 1 is 1.21 bits per heavy atom. The number of hydrogen-bond acceptors (Lipinski definition) is 3. The molecule has 1 amide bonds. The SMILES string of the molecule is Cc1oc2ccn(Cc3ccccc3F)c(=O)c2c1C(=O)NC1CCCCC1. The van der Waals surface area contributed by atoms with Crippen LogP contribution in [0.2, 0.25) is 0 Å².